The number of carbonyl (C=O) groups is 1. The van der Waals surface area contributed by atoms with E-state index < -0.39 is 12.7 Å². The maximum atomic E-state index is 13.8. The predicted molar refractivity (Wildman–Crippen MR) is 91.8 cm³/mol. The second-order valence-electron chi connectivity index (χ2n) is 6.36. The molecule has 0 radical (unpaired) electrons. The summed E-state index contributed by atoms with van der Waals surface area (Å²) in [6.07, 6.45) is -3.77. The summed E-state index contributed by atoms with van der Waals surface area (Å²) in [6, 6.07) is 6.28. The summed E-state index contributed by atoms with van der Waals surface area (Å²) >= 11 is 0. The van der Waals surface area contributed by atoms with Crippen molar-refractivity contribution in [2.45, 2.75) is 12.6 Å². The topological polar surface area (TPSA) is 38.8 Å². The van der Waals surface area contributed by atoms with Crippen LogP contribution in [0.2, 0.25) is 0 Å². The molecule has 5 nitrogen and oxygen atoms in total. The number of hydrogen-bond acceptors (Lipinski definition) is 3. The maximum absolute atomic E-state index is 13.8. The average Bonchev–Trinajstić information content (AvgIpc) is 2.57. The molecule has 1 heterocycles. The second-order valence-corrected chi connectivity index (χ2v) is 6.36. The Balaban J connectivity index is 1.66. The molecule has 1 fully saturated rings. The van der Waals surface area contributed by atoms with Gasteiger partial charge in [0.15, 0.2) is 0 Å². The zero-order valence-corrected chi connectivity index (χ0v) is 14.7. The molecule has 146 valence electrons. The van der Waals surface area contributed by atoms with Gasteiger partial charge in [-0.2, -0.15) is 13.2 Å². The van der Waals surface area contributed by atoms with Gasteiger partial charge in [0.2, 0.25) is 0 Å². The van der Waals surface area contributed by atoms with Gasteiger partial charge in [0.25, 0.3) is 0 Å². The summed E-state index contributed by atoms with van der Waals surface area (Å²) < 4.78 is 50.5. The molecule has 1 aliphatic rings. The van der Waals surface area contributed by atoms with Crippen LogP contribution in [0.1, 0.15) is 6.42 Å². The van der Waals surface area contributed by atoms with Crippen LogP contribution in [-0.4, -0.2) is 74.9 Å². The van der Waals surface area contributed by atoms with Crippen LogP contribution in [0.25, 0.3) is 0 Å². The number of amides is 2. The molecule has 1 aromatic rings. The van der Waals surface area contributed by atoms with Crippen molar-refractivity contribution in [1.82, 2.24) is 15.1 Å². The summed E-state index contributed by atoms with van der Waals surface area (Å²) in [7, 11) is 1.40. The van der Waals surface area contributed by atoms with E-state index in [0.717, 1.165) is 0 Å². The van der Waals surface area contributed by atoms with Crippen molar-refractivity contribution >= 4 is 11.7 Å². The van der Waals surface area contributed by atoms with Crippen LogP contribution >= 0.6 is 0 Å². The Morgan fingerprint density at radius 1 is 1.19 bits per heavy atom. The lowest BCUT2D eigenvalue weighted by Crippen LogP contribution is -2.52. The van der Waals surface area contributed by atoms with Crippen molar-refractivity contribution in [2.75, 3.05) is 57.8 Å². The number of alkyl halides is 3. The van der Waals surface area contributed by atoms with Crippen LogP contribution < -0.4 is 10.2 Å². The summed E-state index contributed by atoms with van der Waals surface area (Å²) in [5.74, 6) is -0.284. The molecule has 0 aliphatic carbocycles. The van der Waals surface area contributed by atoms with Gasteiger partial charge in [-0.15, -0.1) is 0 Å². The van der Waals surface area contributed by atoms with Gasteiger partial charge in [-0.1, -0.05) is 12.1 Å². The van der Waals surface area contributed by atoms with E-state index in [2.05, 4.69) is 5.32 Å². The number of halogens is 4. The predicted octanol–water partition coefficient (Wildman–Crippen LogP) is 2.54. The standard InChI is InChI=1S/C17H24F4N4O/c1-23(13-17(19,20)21)8-4-7-22-16(26)25-11-9-24(10-12-25)15-6-3-2-5-14(15)18/h2-3,5-6H,4,7-13H2,1H3,(H,22,26). The van der Waals surface area contributed by atoms with Crippen LogP contribution in [0.5, 0.6) is 0 Å². The van der Waals surface area contributed by atoms with Crippen LogP contribution in [0.15, 0.2) is 24.3 Å². The number of rotatable bonds is 6. The van der Waals surface area contributed by atoms with Gasteiger partial charge in [0.05, 0.1) is 12.2 Å². The highest BCUT2D eigenvalue weighted by atomic mass is 19.4. The first-order valence-electron chi connectivity index (χ1n) is 8.54. The molecule has 1 aromatic carbocycles. The van der Waals surface area contributed by atoms with Crippen molar-refractivity contribution < 1.29 is 22.4 Å². The van der Waals surface area contributed by atoms with E-state index in [1.165, 1.54) is 18.0 Å². The normalized spacial score (nSPS) is 15.5. The Bertz CT molecular complexity index is 588. The second kappa shape index (κ2) is 9.07. The van der Waals surface area contributed by atoms with Crippen molar-refractivity contribution in [3.8, 4) is 0 Å². The Morgan fingerprint density at radius 2 is 1.85 bits per heavy atom. The summed E-state index contributed by atoms with van der Waals surface area (Å²) in [6.45, 7) is 1.60. The number of urea groups is 1. The molecule has 0 aromatic heterocycles. The molecule has 2 rings (SSSR count). The minimum Gasteiger partial charge on any atom is -0.366 e. The molecule has 1 saturated heterocycles. The third kappa shape index (κ3) is 6.36. The summed E-state index contributed by atoms with van der Waals surface area (Å²) in [4.78, 5) is 16.8. The highest BCUT2D eigenvalue weighted by Gasteiger charge is 2.28. The van der Waals surface area contributed by atoms with Crippen LogP contribution in [0, 0.1) is 5.82 Å². The maximum Gasteiger partial charge on any atom is 0.401 e. The third-order valence-corrected chi connectivity index (χ3v) is 4.20. The number of para-hydroxylation sites is 1. The van der Waals surface area contributed by atoms with E-state index in [9.17, 15) is 22.4 Å². The first-order chi connectivity index (χ1) is 12.3. The number of carbonyl (C=O) groups excluding carboxylic acids is 1. The first-order valence-corrected chi connectivity index (χ1v) is 8.54. The Hall–Kier alpha value is -2.03. The molecule has 0 unspecified atom stereocenters. The SMILES string of the molecule is CN(CCCNC(=O)N1CCN(c2ccccc2F)CC1)CC(F)(F)F. The van der Waals surface area contributed by atoms with Crippen LogP contribution in [-0.2, 0) is 0 Å². The molecule has 0 spiro atoms. The van der Waals surface area contributed by atoms with E-state index in [4.69, 9.17) is 0 Å². The van der Waals surface area contributed by atoms with Gasteiger partial charge >= 0.3 is 12.2 Å². The van der Waals surface area contributed by atoms with E-state index in [1.54, 1.807) is 23.1 Å². The molecular weight excluding hydrogens is 352 g/mol. The molecule has 0 bridgehead atoms. The zero-order chi connectivity index (χ0) is 19.2. The largest absolute Gasteiger partial charge is 0.401 e. The molecule has 0 atom stereocenters. The van der Waals surface area contributed by atoms with Gasteiger partial charge < -0.3 is 15.1 Å². The molecule has 2 amide bonds. The highest BCUT2D eigenvalue weighted by molar-refractivity contribution is 5.74. The molecule has 1 N–H and O–H groups in total. The fraction of sp³-hybridized carbons (Fsp3) is 0.588. The summed E-state index contributed by atoms with van der Waals surface area (Å²) in [5.41, 5.74) is 0.528. The quantitative estimate of drug-likeness (QED) is 0.613. The number of anilines is 1. The summed E-state index contributed by atoms with van der Waals surface area (Å²) in [5, 5.41) is 2.72. The molecule has 1 aliphatic heterocycles. The lowest BCUT2D eigenvalue weighted by molar-refractivity contribution is -0.143. The number of piperazine rings is 1. The van der Waals surface area contributed by atoms with Gasteiger partial charge in [-0.05, 0) is 32.1 Å². The van der Waals surface area contributed by atoms with Crippen LogP contribution in [0.4, 0.5) is 28.0 Å². The van der Waals surface area contributed by atoms with Crippen LogP contribution in [0.3, 0.4) is 0 Å². The fourth-order valence-corrected chi connectivity index (χ4v) is 2.90. The third-order valence-electron chi connectivity index (χ3n) is 4.20. The van der Waals surface area contributed by atoms with E-state index >= 15 is 0 Å². The van der Waals surface area contributed by atoms with Crippen molar-refractivity contribution in [2.24, 2.45) is 0 Å². The highest BCUT2D eigenvalue weighted by Crippen LogP contribution is 2.20. The minimum absolute atomic E-state index is 0.239. The average molecular weight is 376 g/mol. The zero-order valence-electron chi connectivity index (χ0n) is 14.7. The molecule has 0 saturated carbocycles. The molecular formula is C17H24F4N4O. The monoisotopic (exact) mass is 376 g/mol. The van der Waals surface area contributed by atoms with Crippen molar-refractivity contribution in [3.05, 3.63) is 30.1 Å². The number of benzene rings is 1. The van der Waals surface area contributed by atoms with Gasteiger partial charge in [0.1, 0.15) is 5.82 Å². The van der Waals surface area contributed by atoms with Gasteiger partial charge in [-0.3, -0.25) is 4.90 Å². The lowest BCUT2D eigenvalue weighted by atomic mass is 10.2. The first kappa shape index (κ1) is 20.3. The van der Waals surface area contributed by atoms with Crippen molar-refractivity contribution in [1.29, 1.82) is 0 Å². The molecule has 9 heteroatoms. The van der Waals surface area contributed by atoms with E-state index in [-0.39, 0.29) is 18.4 Å². The Labute approximate surface area is 150 Å². The van der Waals surface area contributed by atoms with Gasteiger partial charge in [0, 0.05) is 32.7 Å². The van der Waals surface area contributed by atoms with E-state index in [1.807, 2.05) is 4.90 Å². The Morgan fingerprint density at radius 3 is 2.46 bits per heavy atom. The number of nitrogens with zero attached hydrogens (tertiary/aromatic N) is 3. The number of nitrogens with one attached hydrogen (secondary N) is 1. The fourth-order valence-electron chi connectivity index (χ4n) is 2.90. The molecule has 26 heavy (non-hydrogen) atoms. The Kier molecular flexibility index (Phi) is 7.07. The lowest BCUT2D eigenvalue weighted by Gasteiger charge is -2.36. The minimum atomic E-state index is -4.21. The van der Waals surface area contributed by atoms with Gasteiger partial charge in [-0.25, -0.2) is 9.18 Å². The van der Waals surface area contributed by atoms with Crippen molar-refractivity contribution in [3.63, 3.8) is 0 Å². The smallest absolute Gasteiger partial charge is 0.366 e. The number of hydrogen-bond donors (Lipinski definition) is 1. The van der Waals surface area contributed by atoms with E-state index in [0.29, 0.717) is 44.8 Å².